The van der Waals surface area contributed by atoms with E-state index >= 15 is 0 Å². The lowest BCUT2D eigenvalue weighted by molar-refractivity contribution is -0.139. The number of imide groups is 1. The molecule has 6 nitrogen and oxygen atoms in total. The van der Waals surface area contributed by atoms with Gasteiger partial charge in [-0.15, -0.1) is 0 Å². The lowest BCUT2D eigenvalue weighted by Gasteiger charge is -2.26. The van der Waals surface area contributed by atoms with Crippen molar-refractivity contribution in [3.63, 3.8) is 0 Å². The summed E-state index contributed by atoms with van der Waals surface area (Å²) in [7, 11) is 0. The molecule has 0 bridgehead atoms. The molecule has 0 spiro atoms. The van der Waals surface area contributed by atoms with E-state index in [-0.39, 0.29) is 62.7 Å². The molecule has 0 atom stereocenters. The minimum atomic E-state index is -0.203. The molecule has 1 heterocycles. The first kappa shape index (κ1) is 14.6. The molecular weight excluding hydrogens is 236 g/mol. The summed E-state index contributed by atoms with van der Waals surface area (Å²) in [6, 6.07) is -0.00497. The second kappa shape index (κ2) is 6.49. The van der Waals surface area contributed by atoms with Gasteiger partial charge in [0.25, 0.3) is 0 Å². The number of amides is 3. The van der Waals surface area contributed by atoms with E-state index in [0.29, 0.717) is 0 Å². The van der Waals surface area contributed by atoms with Gasteiger partial charge in [-0.25, -0.2) is 0 Å². The minimum absolute atomic E-state index is 0.00497. The van der Waals surface area contributed by atoms with E-state index < -0.39 is 0 Å². The van der Waals surface area contributed by atoms with Crippen molar-refractivity contribution in [3.8, 4) is 0 Å². The normalized spacial score (nSPS) is 15.7. The molecule has 6 heteroatoms. The van der Waals surface area contributed by atoms with E-state index in [0.717, 1.165) is 4.90 Å². The Morgan fingerprint density at radius 3 is 2.33 bits per heavy atom. The maximum absolute atomic E-state index is 11.9. The first-order valence-corrected chi connectivity index (χ1v) is 6.21. The summed E-state index contributed by atoms with van der Waals surface area (Å²) in [5.74, 6) is -0.552. The Labute approximate surface area is 107 Å². The zero-order chi connectivity index (χ0) is 13.7. The first-order valence-electron chi connectivity index (χ1n) is 6.21. The van der Waals surface area contributed by atoms with E-state index in [1.54, 1.807) is 4.90 Å². The molecule has 1 fully saturated rings. The highest BCUT2D eigenvalue weighted by atomic mass is 16.3. The highest BCUT2D eigenvalue weighted by Crippen LogP contribution is 2.12. The fourth-order valence-corrected chi connectivity index (χ4v) is 2.00. The van der Waals surface area contributed by atoms with Crippen molar-refractivity contribution >= 4 is 17.7 Å². The molecule has 1 aliphatic rings. The van der Waals surface area contributed by atoms with Crippen LogP contribution in [-0.4, -0.2) is 58.4 Å². The van der Waals surface area contributed by atoms with Crippen molar-refractivity contribution in [1.82, 2.24) is 9.80 Å². The van der Waals surface area contributed by atoms with Crippen LogP contribution in [0.4, 0.5) is 0 Å². The Hall–Kier alpha value is -1.43. The molecule has 3 amide bonds. The lowest BCUT2D eigenvalue weighted by atomic mass is 10.2. The summed E-state index contributed by atoms with van der Waals surface area (Å²) < 4.78 is 0. The molecule has 0 aliphatic carbocycles. The Balaban J connectivity index is 2.49. The van der Waals surface area contributed by atoms with Crippen molar-refractivity contribution in [2.45, 2.75) is 39.2 Å². The fourth-order valence-electron chi connectivity index (χ4n) is 2.00. The van der Waals surface area contributed by atoms with Crippen LogP contribution in [0.15, 0.2) is 0 Å². The van der Waals surface area contributed by atoms with Crippen LogP contribution in [0.5, 0.6) is 0 Å². The summed E-state index contributed by atoms with van der Waals surface area (Å²) in [4.78, 5) is 37.3. The number of hydrogen-bond acceptors (Lipinski definition) is 4. The molecule has 0 unspecified atom stereocenters. The van der Waals surface area contributed by atoms with Crippen LogP contribution < -0.4 is 0 Å². The van der Waals surface area contributed by atoms with Gasteiger partial charge in [0, 0.05) is 38.4 Å². The van der Waals surface area contributed by atoms with Gasteiger partial charge in [-0.05, 0) is 13.8 Å². The van der Waals surface area contributed by atoms with Crippen LogP contribution in [0, 0.1) is 0 Å². The summed E-state index contributed by atoms with van der Waals surface area (Å²) in [5, 5.41) is 8.89. The minimum Gasteiger partial charge on any atom is -0.395 e. The second-order valence-corrected chi connectivity index (χ2v) is 4.59. The van der Waals surface area contributed by atoms with Gasteiger partial charge in [0.15, 0.2) is 0 Å². The van der Waals surface area contributed by atoms with Crippen LogP contribution in [0.1, 0.15) is 33.1 Å². The lowest BCUT2D eigenvalue weighted by Crippen LogP contribution is -2.41. The molecule has 18 heavy (non-hydrogen) atoms. The predicted octanol–water partition coefficient (Wildman–Crippen LogP) is -0.245. The molecular formula is C12H20N2O4. The fraction of sp³-hybridized carbons (Fsp3) is 0.750. The maximum Gasteiger partial charge on any atom is 0.229 e. The molecule has 1 aliphatic heterocycles. The first-order chi connectivity index (χ1) is 8.47. The van der Waals surface area contributed by atoms with Gasteiger partial charge >= 0.3 is 0 Å². The Morgan fingerprint density at radius 2 is 1.89 bits per heavy atom. The number of hydrogen-bond donors (Lipinski definition) is 1. The Morgan fingerprint density at radius 1 is 1.33 bits per heavy atom. The number of carbonyl (C=O) groups excluding carboxylic acids is 3. The molecule has 1 N–H and O–H groups in total. The number of likely N-dealkylation sites (tertiary alicyclic amines) is 1. The number of rotatable bonds is 6. The molecule has 102 valence electrons. The monoisotopic (exact) mass is 256 g/mol. The quantitative estimate of drug-likeness (QED) is 0.665. The zero-order valence-corrected chi connectivity index (χ0v) is 10.9. The van der Waals surface area contributed by atoms with E-state index in [1.807, 2.05) is 13.8 Å². The summed E-state index contributed by atoms with van der Waals surface area (Å²) in [6.45, 7) is 4.05. The van der Waals surface area contributed by atoms with Gasteiger partial charge in [-0.3, -0.25) is 19.3 Å². The molecule has 1 saturated heterocycles. The van der Waals surface area contributed by atoms with Crippen molar-refractivity contribution in [3.05, 3.63) is 0 Å². The van der Waals surface area contributed by atoms with E-state index in [2.05, 4.69) is 0 Å². The highest BCUT2D eigenvalue weighted by molar-refractivity contribution is 6.02. The number of carbonyl (C=O) groups is 3. The van der Waals surface area contributed by atoms with Crippen LogP contribution in [0.2, 0.25) is 0 Å². The van der Waals surface area contributed by atoms with Gasteiger partial charge in [-0.1, -0.05) is 0 Å². The molecule has 0 saturated carbocycles. The van der Waals surface area contributed by atoms with Crippen molar-refractivity contribution in [1.29, 1.82) is 0 Å². The maximum atomic E-state index is 11.9. The van der Waals surface area contributed by atoms with E-state index in [4.69, 9.17) is 5.11 Å². The largest absolute Gasteiger partial charge is 0.395 e. The second-order valence-electron chi connectivity index (χ2n) is 4.59. The third kappa shape index (κ3) is 3.53. The van der Waals surface area contributed by atoms with Gasteiger partial charge in [0.05, 0.1) is 6.61 Å². The predicted molar refractivity (Wildman–Crippen MR) is 64.5 cm³/mol. The van der Waals surface area contributed by atoms with Gasteiger partial charge in [0.2, 0.25) is 17.7 Å². The van der Waals surface area contributed by atoms with Crippen LogP contribution in [0.3, 0.4) is 0 Å². The van der Waals surface area contributed by atoms with Gasteiger partial charge in [-0.2, -0.15) is 0 Å². The molecule has 0 aromatic rings. The average Bonchev–Trinajstić information content (AvgIpc) is 2.62. The van der Waals surface area contributed by atoms with Crippen molar-refractivity contribution in [2.75, 3.05) is 19.7 Å². The third-order valence-electron chi connectivity index (χ3n) is 2.99. The number of aliphatic hydroxyl groups excluding tert-OH is 1. The molecule has 0 aromatic carbocycles. The molecule has 0 aromatic heterocycles. The standard InChI is InChI=1S/C12H20N2O4/c1-9(2)13(7-8-15)12(18)5-6-14-10(16)3-4-11(14)17/h9,15H,3-8H2,1-2H3. The topological polar surface area (TPSA) is 77.9 Å². The van der Waals surface area contributed by atoms with Gasteiger partial charge in [0.1, 0.15) is 0 Å². The number of aliphatic hydroxyl groups is 1. The Kier molecular flexibility index (Phi) is 5.27. The van der Waals surface area contributed by atoms with E-state index in [9.17, 15) is 14.4 Å². The average molecular weight is 256 g/mol. The highest BCUT2D eigenvalue weighted by Gasteiger charge is 2.29. The van der Waals surface area contributed by atoms with Crippen LogP contribution in [-0.2, 0) is 14.4 Å². The summed E-state index contributed by atoms with van der Waals surface area (Å²) >= 11 is 0. The van der Waals surface area contributed by atoms with E-state index in [1.165, 1.54) is 0 Å². The van der Waals surface area contributed by atoms with Gasteiger partial charge < -0.3 is 10.0 Å². The van der Waals surface area contributed by atoms with Crippen LogP contribution >= 0.6 is 0 Å². The summed E-state index contributed by atoms with van der Waals surface area (Å²) in [6.07, 6.45) is 0.616. The molecule has 1 rings (SSSR count). The zero-order valence-electron chi connectivity index (χ0n) is 10.9. The Bertz CT molecular complexity index is 325. The van der Waals surface area contributed by atoms with Crippen molar-refractivity contribution < 1.29 is 19.5 Å². The van der Waals surface area contributed by atoms with Crippen molar-refractivity contribution in [2.24, 2.45) is 0 Å². The molecule has 0 radical (unpaired) electrons. The third-order valence-corrected chi connectivity index (χ3v) is 2.99. The SMILES string of the molecule is CC(C)N(CCO)C(=O)CCN1C(=O)CCC1=O. The summed E-state index contributed by atoms with van der Waals surface area (Å²) in [5.41, 5.74) is 0. The number of nitrogens with zero attached hydrogens (tertiary/aromatic N) is 2. The van der Waals surface area contributed by atoms with Crippen LogP contribution in [0.25, 0.3) is 0 Å². The smallest absolute Gasteiger partial charge is 0.229 e.